The van der Waals surface area contributed by atoms with Gasteiger partial charge in [0.2, 0.25) is 0 Å². The highest BCUT2D eigenvalue weighted by atomic mass is 19.3. The van der Waals surface area contributed by atoms with Crippen molar-refractivity contribution in [3.05, 3.63) is 65.7 Å². The molecule has 0 radical (unpaired) electrons. The average Bonchev–Trinajstić information content (AvgIpc) is 2.48. The molecule has 0 saturated heterocycles. The van der Waals surface area contributed by atoms with E-state index in [0.29, 0.717) is 18.7 Å². The molecule has 0 aliphatic carbocycles. The number of benzene rings is 2. The first-order valence-corrected chi connectivity index (χ1v) is 6.50. The van der Waals surface area contributed by atoms with Crippen LogP contribution in [0.2, 0.25) is 0 Å². The molecule has 0 heterocycles. The summed E-state index contributed by atoms with van der Waals surface area (Å²) in [5.74, 6) is 0.566. The summed E-state index contributed by atoms with van der Waals surface area (Å²) in [5.41, 5.74) is 6.62. The Labute approximate surface area is 117 Å². The third-order valence-corrected chi connectivity index (χ3v) is 3.01. The van der Waals surface area contributed by atoms with Gasteiger partial charge in [-0.15, -0.1) is 0 Å². The van der Waals surface area contributed by atoms with Gasteiger partial charge in [0.15, 0.2) is 0 Å². The lowest BCUT2D eigenvalue weighted by atomic mass is 10.1. The smallest absolute Gasteiger partial charge is 0.263 e. The quantitative estimate of drug-likeness (QED) is 0.863. The number of halogens is 2. The molecule has 2 N–H and O–H groups in total. The molecular weight excluding hydrogens is 260 g/mol. The fraction of sp³-hybridized carbons (Fsp3) is 0.250. The summed E-state index contributed by atoms with van der Waals surface area (Å²) in [6.45, 7) is 0.495. The summed E-state index contributed by atoms with van der Waals surface area (Å²) >= 11 is 0. The summed E-state index contributed by atoms with van der Waals surface area (Å²) in [4.78, 5) is 0. The molecule has 106 valence electrons. The van der Waals surface area contributed by atoms with E-state index in [2.05, 4.69) is 0 Å². The van der Waals surface area contributed by atoms with E-state index in [4.69, 9.17) is 10.5 Å². The Morgan fingerprint density at radius 3 is 2.10 bits per heavy atom. The molecule has 0 aromatic heterocycles. The van der Waals surface area contributed by atoms with Crippen LogP contribution in [0.15, 0.2) is 54.6 Å². The second-order valence-corrected chi connectivity index (χ2v) is 4.46. The third-order valence-electron chi connectivity index (χ3n) is 3.01. The van der Waals surface area contributed by atoms with Gasteiger partial charge in [0.25, 0.3) is 6.43 Å². The van der Waals surface area contributed by atoms with Gasteiger partial charge in [0, 0.05) is 12.0 Å². The minimum Gasteiger partial charge on any atom is -0.486 e. The fourth-order valence-electron chi connectivity index (χ4n) is 1.97. The van der Waals surface area contributed by atoms with E-state index in [9.17, 15) is 8.78 Å². The van der Waals surface area contributed by atoms with Gasteiger partial charge in [-0.1, -0.05) is 30.3 Å². The van der Waals surface area contributed by atoms with Gasteiger partial charge >= 0.3 is 0 Å². The molecule has 1 unspecified atom stereocenters. The molecular formula is C16H17F2NO. The van der Waals surface area contributed by atoms with Crippen molar-refractivity contribution in [3.63, 3.8) is 0 Å². The van der Waals surface area contributed by atoms with Crippen LogP contribution in [0.4, 0.5) is 8.78 Å². The van der Waals surface area contributed by atoms with Crippen molar-refractivity contribution in [1.29, 1.82) is 0 Å². The third kappa shape index (κ3) is 3.78. The largest absolute Gasteiger partial charge is 0.486 e. The standard InChI is InChI=1S/C16H17F2NO/c17-16(18)13-6-8-14(9-7-13)20-15(10-11-19)12-4-2-1-3-5-12/h1-9,15-16H,10-11,19H2. The minimum atomic E-state index is -2.46. The van der Waals surface area contributed by atoms with E-state index in [-0.39, 0.29) is 11.7 Å². The Morgan fingerprint density at radius 2 is 1.55 bits per heavy atom. The van der Waals surface area contributed by atoms with Crippen LogP contribution in [0.5, 0.6) is 5.75 Å². The fourth-order valence-corrected chi connectivity index (χ4v) is 1.97. The maximum atomic E-state index is 12.5. The topological polar surface area (TPSA) is 35.2 Å². The van der Waals surface area contributed by atoms with Crippen LogP contribution in [0, 0.1) is 0 Å². The minimum absolute atomic E-state index is 0.00700. The van der Waals surface area contributed by atoms with E-state index in [0.717, 1.165) is 5.56 Å². The molecule has 0 spiro atoms. The SMILES string of the molecule is NCCC(Oc1ccc(C(F)F)cc1)c1ccccc1. The van der Waals surface area contributed by atoms with E-state index in [1.54, 1.807) is 12.1 Å². The normalized spacial score (nSPS) is 12.4. The number of ether oxygens (including phenoxy) is 1. The van der Waals surface area contributed by atoms with E-state index in [1.165, 1.54) is 12.1 Å². The average molecular weight is 277 g/mol. The van der Waals surface area contributed by atoms with Crippen LogP contribution in [0.25, 0.3) is 0 Å². The molecule has 0 saturated carbocycles. The van der Waals surface area contributed by atoms with Crippen molar-refractivity contribution >= 4 is 0 Å². The van der Waals surface area contributed by atoms with Crippen molar-refractivity contribution < 1.29 is 13.5 Å². The zero-order chi connectivity index (χ0) is 14.4. The van der Waals surface area contributed by atoms with Gasteiger partial charge in [-0.3, -0.25) is 0 Å². The molecule has 0 bridgehead atoms. The van der Waals surface area contributed by atoms with Crippen LogP contribution >= 0.6 is 0 Å². The Morgan fingerprint density at radius 1 is 0.900 bits per heavy atom. The van der Waals surface area contributed by atoms with Gasteiger partial charge in [-0.25, -0.2) is 8.78 Å². The highest BCUT2D eigenvalue weighted by Crippen LogP contribution is 2.26. The number of alkyl halides is 2. The zero-order valence-corrected chi connectivity index (χ0v) is 11.0. The summed E-state index contributed by atoms with van der Waals surface area (Å²) in [6, 6.07) is 15.6. The van der Waals surface area contributed by atoms with Crippen molar-refractivity contribution in [2.24, 2.45) is 5.73 Å². The first-order chi connectivity index (χ1) is 9.70. The van der Waals surface area contributed by atoms with E-state index < -0.39 is 6.43 Å². The highest BCUT2D eigenvalue weighted by molar-refractivity contribution is 5.29. The lowest BCUT2D eigenvalue weighted by molar-refractivity contribution is 0.151. The second kappa shape index (κ2) is 7.01. The Balaban J connectivity index is 2.12. The molecule has 0 aliphatic rings. The molecule has 1 atom stereocenters. The molecule has 0 fully saturated rings. The summed E-state index contributed by atoms with van der Waals surface area (Å²) < 4.78 is 30.8. The van der Waals surface area contributed by atoms with Gasteiger partial charge in [-0.05, 0) is 36.4 Å². The summed E-state index contributed by atoms with van der Waals surface area (Å²) in [7, 11) is 0. The first-order valence-electron chi connectivity index (χ1n) is 6.50. The Hall–Kier alpha value is -1.94. The van der Waals surface area contributed by atoms with Gasteiger partial charge in [0.1, 0.15) is 11.9 Å². The van der Waals surface area contributed by atoms with E-state index in [1.807, 2.05) is 30.3 Å². The van der Waals surface area contributed by atoms with Crippen LogP contribution in [0.3, 0.4) is 0 Å². The predicted octanol–water partition coefficient (Wildman–Crippen LogP) is 4.09. The highest BCUT2D eigenvalue weighted by Gasteiger charge is 2.13. The monoisotopic (exact) mass is 277 g/mol. The number of nitrogens with two attached hydrogens (primary N) is 1. The van der Waals surface area contributed by atoms with Crippen molar-refractivity contribution in [2.75, 3.05) is 6.54 Å². The van der Waals surface area contributed by atoms with Crippen LogP contribution < -0.4 is 10.5 Å². The van der Waals surface area contributed by atoms with Crippen LogP contribution in [0.1, 0.15) is 30.1 Å². The van der Waals surface area contributed by atoms with Gasteiger partial charge in [-0.2, -0.15) is 0 Å². The first kappa shape index (κ1) is 14.5. The van der Waals surface area contributed by atoms with E-state index >= 15 is 0 Å². The maximum absolute atomic E-state index is 12.5. The number of rotatable bonds is 6. The Bertz CT molecular complexity index is 514. The molecule has 2 aromatic carbocycles. The molecule has 0 amide bonds. The lowest BCUT2D eigenvalue weighted by Crippen LogP contribution is -2.13. The van der Waals surface area contributed by atoms with Crippen LogP contribution in [-0.4, -0.2) is 6.54 Å². The van der Waals surface area contributed by atoms with Crippen molar-refractivity contribution in [1.82, 2.24) is 0 Å². The van der Waals surface area contributed by atoms with Crippen LogP contribution in [-0.2, 0) is 0 Å². The predicted molar refractivity (Wildman–Crippen MR) is 74.9 cm³/mol. The molecule has 0 aliphatic heterocycles. The lowest BCUT2D eigenvalue weighted by Gasteiger charge is -2.19. The maximum Gasteiger partial charge on any atom is 0.263 e. The number of hydrogen-bond acceptors (Lipinski definition) is 2. The molecule has 2 aromatic rings. The number of hydrogen-bond donors (Lipinski definition) is 1. The second-order valence-electron chi connectivity index (χ2n) is 4.46. The van der Waals surface area contributed by atoms with Crippen molar-refractivity contribution in [3.8, 4) is 5.75 Å². The van der Waals surface area contributed by atoms with Crippen molar-refractivity contribution in [2.45, 2.75) is 19.0 Å². The molecule has 2 rings (SSSR count). The molecule has 20 heavy (non-hydrogen) atoms. The molecule has 2 nitrogen and oxygen atoms in total. The Kier molecular flexibility index (Phi) is 5.07. The zero-order valence-electron chi connectivity index (χ0n) is 11.0. The summed E-state index contributed by atoms with van der Waals surface area (Å²) in [5, 5.41) is 0. The van der Waals surface area contributed by atoms with Gasteiger partial charge in [0.05, 0.1) is 0 Å². The van der Waals surface area contributed by atoms with Gasteiger partial charge < -0.3 is 10.5 Å². The summed E-state index contributed by atoms with van der Waals surface area (Å²) in [6.07, 6.45) is -1.96. The molecule has 4 heteroatoms.